The molecular weight excluding hydrogens is 226 g/mol. The van der Waals surface area contributed by atoms with Crippen LogP contribution in [0.3, 0.4) is 0 Å². The van der Waals surface area contributed by atoms with E-state index in [1.807, 2.05) is 0 Å². The van der Waals surface area contributed by atoms with Gasteiger partial charge in [0.1, 0.15) is 0 Å². The summed E-state index contributed by atoms with van der Waals surface area (Å²) in [7, 11) is 1.71. The summed E-state index contributed by atoms with van der Waals surface area (Å²) < 4.78 is 10.6. The molecule has 1 N–H and O–H groups in total. The minimum Gasteiger partial charge on any atom is -0.382 e. The van der Waals surface area contributed by atoms with Crippen LogP contribution in [0, 0.1) is 5.41 Å². The van der Waals surface area contributed by atoms with Gasteiger partial charge in [-0.05, 0) is 39.0 Å². The molecule has 1 unspecified atom stereocenters. The Bertz CT molecular complexity index is 201. The number of rotatable bonds is 10. The highest BCUT2D eigenvalue weighted by Crippen LogP contribution is 2.27. The van der Waals surface area contributed by atoms with Gasteiger partial charge < -0.3 is 14.8 Å². The van der Waals surface area contributed by atoms with E-state index in [0.717, 1.165) is 19.6 Å². The van der Waals surface area contributed by atoms with Gasteiger partial charge in [-0.25, -0.2) is 0 Å². The van der Waals surface area contributed by atoms with E-state index in [9.17, 15) is 0 Å². The predicted octanol–water partition coefficient (Wildman–Crippen LogP) is 3.23. The molecular formula is C15H33NO2. The maximum absolute atomic E-state index is 5.60. The van der Waals surface area contributed by atoms with E-state index in [4.69, 9.17) is 9.47 Å². The molecule has 0 aliphatic heterocycles. The van der Waals surface area contributed by atoms with Crippen molar-refractivity contribution in [1.29, 1.82) is 0 Å². The molecule has 110 valence electrons. The molecule has 0 aromatic heterocycles. The van der Waals surface area contributed by atoms with Crippen LogP contribution in [-0.4, -0.2) is 39.0 Å². The molecule has 0 heterocycles. The number of methoxy groups -OCH3 is 1. The molecule has 0 radical (unpaired) electrons. The summed E-state index contributed by atoms with van der Waals surface area (Å²) >= 11 is 0. The van der Waals surface area contributed by atoms with Crippen molar-refractivity contribution in [2.75, 3.05) is 33.5 Å². The number of nitrogens with one attached hydrogen (secondary N) is 1. The maximum Gasteiger partial charge on any atom is 0.0700 e. The normalized spacial score (nSPS) is 15.7. The molecule has 0 fully saturated rings. The summed E-state index contributed by atoms with van der Waals surface area (Å²) in [4.78, 5) is 0. The van der Waals surface area contributed by atoms with Crippen LogP contribution >= 0.6 is 0 Å². The van der Waals surface area contributed by atoms with E-state index >= 15 is 0 Å². The first-order chi connectivity index (χ1) is 8.33. The molecule has 18 heavy (non-hydrogen) atoms. The van der Waals surface area contributed by atoms with Gasteiger partial charge in [0.05, 0.1) is 13.2 Å². The second-order valence-corrected chi connectivity index (χ2v) is 6.52. The third kappa shape index (κ3) is 9.86. The highest BCUT2D eigenvalue weighted by Gasteiger charge is 2.25. The van der Waals surface area contributed by atoms with Crippen molar-refractivity contribution >= 4 is 0 Å². The molecule has 0 rings (SSSR count). The molecule has 0 saturated heterocycles. The van der Waals surface area contributed by atoms with Gasteiger partial charge in [-0.15, -0.1) is 0 Å². The average molecular weight is 259 g/mol. The minimum atomic E-state index is 0.186. The first-order valence-corrected chi connectivity index (χ1v) is 7.15. The standard InChI is InChI=1S/C15H33NO2/c1-7-8-15(5,13-16-14(2,3)4)9-10-18-12-11-17-6/h16H,7-13H2,1-6H3. The van der Waals surface area contributed by atoms with Gasteiger partial charge in [-0.3, -0.25) is 0 Å². The van der Waals surface area contributed by atoms with Crippen LogP contribution in [0.25, 0.3) is 0 Å². The zero-order valence-corrected chi connectivity index (χ0v) is 13.3. The number of hydrogen-bond donors (Lipinski definition) is 1. The lowest BCUT2D eigenvalue weighted by atomic mass is 9.82. The lowest BCUT2D eigenvalue weighted by molar-refractivity contribution is 0.0507. The summed E-state index contributed by atoms with van der Waals surface area (Å²) in [5, 5.41) is 3.62. The monoisotopic (exact) mass is 259 g/mol. The third-order valence-electron chi connectivity index (χ3n) is 3.18. The van der Waals surface area contributed by atoms with Gasteiger partial charge >= 0.3 is 0 Å². The fourth-order valence-electron chi connectivity index (χ4n) is 1.95. The van der Waals surface area contributed by atoms with Gasteiger partial charge in [-0.2, -0.15) is 0 Å². The zero-order valence-electron chi connectivity index (χ0n) is 13.3. The molecule has 0 aromatic carbocycles. The van der Waals surface area contributed by atoms with Crippen LogP contribution in [0.15, 0.2) is 0 Å². The van der Waals surface area contributed by atoms with Gasteiger partial charge in [0.25, 0.3) is 0 Å². The number of hydrogen-bond acceptors (Lipinski definition) is 3. The SMILES string of the molecule is CCCC(C)(CCOCCOC)CNC(C)(C)C. The molecule has 3 heteroatoms. The van der Waals surface area contributed by atoms with E-state index in [1.165, 1.54) is 12.8 Å². The third-order valence-corrected chi connectivity index (χ3v) is 3.18. The van der Waals surface area contributed by atoms with Gasteiger partial charge in [0.2, 0.25) is 0 Å². The van der Waals surface area contributed by atoms with Gasteiger partial charge in [-0.1, -0.05) is 20.3 Å². The molecule has 0 spiro atoms. The average Bonchev–Trinajstić information content (AvgIpc) is 2.26. The Morgan fingerprint density at radius 2 is 1.61 bits per heavy atom. The quantitative estimate of drug-likeness (QED) is 0.611. The molecule has 3 nitrogen and oxygen atoms in total. The van der Waals surface area contributed by atoms with E-state index < -0.39 is 0 Å². The molecule has 0 aliphatic rings. The second-order valence-electron chi connectivity index (χ2n) is 6.52. The molecule has 0 bridgehead atoms. The van der Waals surface area contributed by atoms with Crippen molar-refractivity contribution in [2.24, 2.45) is 5.41 Å². The Labute approximate surface area is 114 Å². The Morgan fingerprint density at radius 3 is 2.11 bits per heavy atom. The van der Waals surface area contributed by atoms with Crippen molar-refractivity contribution < 1.29 is 9.47 Å². The van der Waals surface area contributed by atoms with Crippen LogP contribution in [0.5, 0.6) is 0 Å². The molecule has 1 atom stereocenters. The smallest absolute Gasteiger partial charge is 0.0700 e. The largest absolute Gasteiger partial charge is 0.382 e. The summed E-state index contributed by atoms with van der Waals surface area (Å²) in [5.74, 6) is 0. The molecule has 0 amide bonds. The van der Waals surface area contributed by atoms with Crippen molar-refractivity contribution in [1.82, 2.24) is 5.32 Å². The fourth-order valence-corrected chi connectivity index (χ4v) is 1.95. The summed E-state index contributed by atoms with van der Waals surface area (Å²) in [6, 6.07) is 0. The van der Waals surface area contributed by atoms with E-state index in [1.54, 1.807) is 7.11 Å². The van der Waals surface area contributed by atoms with E-state index in [0.29, 0.717) is 18.6 Å². The Balaban J connectivity index is 4.00. The Hall–Kier alpha value is -0.120. The summed E-state index contributed by atoms with van der Waals surface area (Å²) in [6.07, 6.45) is 3.57. The Kier molecular flexibility index (Phi) is 8.83. The summed E-state index contributed by atoms with van der Waals surface area (Å²) in [6.45, 7) is 14.5. The fraction of sp³-hybridized carbons (Fsp3) is 1.00. The first kappa shape index (κ1) is 17.9. The highest BCUT2D eigenvalue weighted by molar-refractivity contribution is 4.81. The molecule has 0 saturated carbocycles. The Morgan fingerprint density at radius 1 is 0.944 bits per heavy atom. The maximum atomic E-state index is 5.60. The minimum absolute atomic E-state index is 0.186. The first-order valence-electron chi connectivity index (χ1n) is 7.15. The van der Waals surface area contributed by atoms with E-state index in [-0.39, 0.29) is 5.54 Å². The van der Waals surface area contributed by atoms with Crippen molar-refractivity contribution in [2.45, 2.75) is 59.4 Å². The lowest BCUT2D eigenvalue weighted by Gasteiger charge is -2.33. The van der Waals surface area contributed by atoms with Crippen LogP contribution in [0.4, 0.5) is 0 Å². The predicted molar refractivity (Wildman–Crippen MR) is 78.1 cm³/mol. The van der Waals surface area contributed by atoms with E-state index in [2.05, 4.69) is 39.9 Å². The van der Waals surface area contributed by atoms with Gasteiger partial charge in [0, 0.05) is 25.8 Å². The zero-order chi connectivity index (χ0) is 14.1. The van der Waals surface area contributed by atoms with Crippen LogP contribution in [0.1, 0.15) is 53.9 Å². The summed E-state index contributed by atoms with van der Waals surface area (Å²) in [5.41, 5.74) is 0.515. The van der Waals surface area contributed by atoms with Crippen LogP contribution in [0.2, 0.25) is 0 Å². The highest BCUT2D eigenvalue weighted by atomic mass is 16.5. The van der Waals surface area contributed by atoms with Crippen molar-refractivity contribution in [3.8, 4) is 0 Å². The van der Waals surface area contributed by atoms with Crippen molar-refractivity contribution in [3.05, 3.63) is 0 Å². The van der Waals surface area contributed by atoms with Crippen LogP contribution < -0.4 is 5.32 Å². The topological polar surface area (TPSA) is 30.5 Å². The molecule has 0 aromatic rings. The van der Waals surface area contributed by atoms with Crippen molar-refractivity contribution in [3.63, 3.8) is 0 Å². The second kappa shape index (κ2) is 8.89. The number of ether oxygens (including phenoxy) is 2. The lowest BCUT2D eigenvalue weighted by Crippen LogP contribution is -2.43. The molecule has 0 aliphatic carbocycles. The van der Waals surface area contributed by atoms with Crippen LogP contribution in [-0.2, 0) is 9.47 Å². The van der Waals surface area contributed by atoms with Gasteiger partial charge in [0.15, 0.2) is 0 Å².